The predicted molar refractivity (Wildman–Crippen MR) is 91.8 cm³/mol. The molecule has 2 N–H and O–H groups in total. The standard InChI is InChI=1S/C16H24N2O4S/c1-11-6-5-8-18(13(11)19)10-16(2,3)15(22)17-12(14(20)21)7-9-23-4/h5-6,8,12H,7,9-10H2,1-4H3,(H,17,22)(H,20,21). The number of aromatic nitrogens is 1. The van der Waals surface area contributed by atoms with E-state index in [-0.39, 0.29) is 18.0 Å². The molecule has 1 amide bonds. The van der Waals surface area contributed by atoms with Gasteiger partial charge in [-0.1, -0.05) is 6.07 Å². The quantitative estimate of drug-likeness (QED) is 0.749. The minimum Gasteiger partial charge on any atom is -0.480 e. The molecule has 23 heavy (non-hydrogen) atoms. The van der Waals surface area contributed by atoms with Crippen molar-refractivity contribution in [3.8, 4) is 0 Å². The molecule has 0 spiro atoms. The number of hydrogen-bond acceptors (Lipinski definition) is 4. The predicted octanol–water partition coefficient (Wildman–Crippen LogP) is 1.51. The maximum atomic E-state index is 12.4. The van der Waals surface area contributed by atoms with Gasteiger partial charge in [-0.05, 0) is 45.3 Å². The van der Waals surface area contributed by atoms with Crippen LogP contribution in [0.5, 0.6) is 0 Å². The SMILES string of the molecule is CSCCC(NC(=O)C(C)(C)Cn1cccc(C)c1=O)C(=O)O. The Bertz CT molecular complexity index is 625. The van der Waals surface area contributed by atoms with Crippen molar-refractivity contribution in [1.29, 1.82) is 0 Å². The Balaban J connectivity index is 2.85. The van der Waals surface area contributed by atoms with Crippen molar-refractivity contribution in [3.05, 3.63) is 34.2 Å². The van der Waals surface area contributed by atoms with Crippen LogP contribution in [-0.4, -0.2) is 39.6 Å². The van der Waals surface area contributed by atoms with Crippen LogP contribution in [0.25, 0.3) is 0 Å². The first-order valence-corrected chi connectivity index (χ1v) is 8.77. The van der Waals surface area contributed by atoms with Crippen molar-refractivity contribution in [2.75, 3.05) is 12.0 Å². The number of pyridine rings is 1. The van der Waals surface area contributed by atoms with Crippen LogP contribution in [0, 0.1) is 12.3 Å². The first kappa shape index (κ1) is 19.3. The Kier molecular flexibility index (Phi) is 6.87. The Labute approximate surface area is 140 Å². The topological polar surface area (TPSA) is 88.4 Å². The minimum absolute atomic E-state index is 0.148. The van der Waals surface area contributed by atoms with Crippen LogP contribution in [0.2, 0.25) is 0 Å². The normalized spacial score (nSPS) is 12.7. The summed E-state index contributed by atoms with van der Waals surface area (Å²) >= 11 is 1.53. The lowest BCUT2D eigenvalue weighted by molar-refractivity contribution is -0.143. The average Bonchev–Trinajstić information content (AvgIpc) is 2.47. The Morgan fingerprint density at radius 3 is 2.65 bits per heavy atom. The number of aryl methyl sites for hydroxylation is 1. The Morgan fingerprint density at radius 2 is 2.09 bits per heavy atom. The molecule has 7 heteroatoms. The number of nitrogens with one attached hydrogen (secondary N) is 1. The summed E-state index contributed by atoms with van der Waals surface area (Å²) in [7, 11) is 0. The largest absolute Gasteiger partial charge is 0.480 e. The third-order valence-corrected chi connectivity index (χ3v) is 4.25. The van der Waals surface area contributed by atoms with Gasteiger partial charge in [0.25, 0.3) is 5.56 Å². The van der Waals surface area contributed by atoms with Gasteiger partial charge in [0.2, 0.25) is 5.91 Å². The van der Waals surface area contributed by atoms with Gasteiger partial charge in [0.1, 0.15) is 6.04 Å². The maximum absolute atomic E-state index is 12.4. The van der Waals surface area contributed by atoms with Crippen molar-refractivity contribution in [1.82, 2.24) is 9.88 Å². The second kappa shape index (κ2) is 8.19. The van der Waals surface area contributed by atoms with Gasteiger partial charge in [-0.25, -0.2) is 4.79 Å². The summed E-state index contributed by atoms with van der Waals surface area (Å²) in [6.07, 6.45) is 3.88. The lowest BCUT2D eigenvalue weighted by atomic mass is 9.91. The molecule has 1 unspecified atom stereocenters. The van der Waals surface area contributed by atoms with Gasteiger partial charge >= 0.3 is 5.97 Å². The van der Waals surface area contributed by atoms with Crippen molar-refractivity contribution >= 4 is 23.6 Å². The smallest absolute Gasteiger partial charge is 0.326 e. The molecule has 0 aliphatic carbocycles. The average molecular weight is 340 g/mol. The molecule has 0 bridgehead atoms. The molecular weight excluding hydrogens is 316 g/mol. The number of carbonyl (C=O) groups excluding carboxylic acids is 1. The van der Waals surface area contributed by atoms with Gasteiger partial charge in [-0.2, -0.15) is 11.8 Å². The third-order valence-electron chi connectivity index (χ3n) is 3.60. The highest BCUT2D eigenvalue weighted by atomic mass is 32.2. The number of amides is 1. The molecule has 1 aromatic rings. The molecule has 0 radical (unpaired) electrons. The number of carboxylic acids is 1. The molecule has 0 aliphatic rings. The molecule has 1 heterocycles. The number of hydrogen-bond donors (Lipinski definition) is 2. The van der Waals surface area contributed by atoms with Gasteiger partial charge < -0.3 is 15.0 Å². The molecule has 1 aromatic heterocycles. The fraction of sp³-hybridized carbons (Fsp3) is 0.562. The van der Waals surface area contributed by atoms with E-state index >= 15 is 0 Å². The van der Waals surface area contributed by atoms with Crippen molar-refractivity contribution < 1.29 is 14.7 Å². The molecule has 1 atom stereocenters. The summed E-state index contributed by atoms with van der Waals surface area (Å²) < 4.78 is 1.48. The van der Waals surface area contributed by atoms with E-state index in [0.29, 0.717) is 17.7 Å². The number of carboxylic acid groups (broad SMARTS) is 1. The highest BCUT2D eigenvalue weighted by Gasteiger charge is 2.32. The van der Waals surface area contributed by atoms with E-state index in [1.54, 1.807) is 39.1 Å². The zero-order valence-corrected chi connectivity index (χ0v) is 14.8. The molecular formula is C16H24N2O4S. The van der Waals surface area contributed by atoms with Crippen LogP contribution in [0.1, 0.15) is 25.8 Å². The molecule has 0 saturated carbocycles. The lowest BCUT2D eigenvalue weighted by Gasteiger charge is -2.26. The fourth-order valence-electron chi connectivity index (χ4n) is 2.13. The highest BCUT2D eigenvalue weighted by molar-refractivity contribution is 7.98. The molecule has 128 valence electrons. The van der Waals surface area contributed by atoms with Gasteiger partial charge in [-0.3, -0.25) is 9.59 Å². The molecule has 0 aromatic carbocycles. The van der Waals surface area contributed by atoms with Crippen molar-refractivity contribution in [3.63, 3.8) is 0 Å². The Hall–Kier alpha value is -1.76. The summed E-state index contributed by atoms with van der Waals surface area (Å²) in [4.78, 5) is 35.8. The second-order valence-corrected chi connectivity index (χ2v) is 7.14. The summed E-state index contributed by atoms with van der Waals surface area (Å²) in [6.45, 7) is 5.30. The van der Waals surface area contributed by atoms with E-state index < -0.39 is 17.4 Å². The summed E-state index contributed by atoms with van der Waals surface area (Å²) in [5.74, 6) is -0.773. The molecule has 0 aliphatic heterocycles. The van der Waals surface area contributed by atoms with Crippen LogP contribution in [-0.2, 0) is 16.1 Å². The minimum atomic E-state index is -1.05. The van der Waals surface area contributed by atoms with E-state index in [9.17, 15) is 19.5 Å². The number of aliphatic carboxylic acids is 1. The van der Waals surface area contributed by atoms with Crippen LogP contribution in [0.3, 0.4) is 0 Å². The van der Waals surface area contributed by atoms with E-state index in [1.165, 1.54) is 16.3 Å². The van der Waals surface area contributed by atoms with Crippen LogP contribution in [0.4, 0.5) is 0 Å². The summed E-state index contributed by atoms with van der Waals surface area (Å²) in [5.41, 5.74) is -0.442. The first-order valence-electron chi connectivity index (χ1n) is 7.38. The second-order valence-electron chi connectivity index (χ2n) is 6.15. The van der Waals surface area contributed by atoms with Crippen LogP contribution < -0.4 is 10.9 Å². The van der Waals surface area contributed by atoms with Gasteiger partial charge in [-0.15, -0.1) is 0 Å². The maximum Gasteiger partial charge on any atom is 0.326 e. The molecule has 6 nitrogen and oxygen atoms in total. The zero-order valence-electron chi connectivity index (χ0n) is 14.0. The number of thioether (sulfide) groups is 1. The van der Waals surface area contributed by atoms with Crippen LogP contribution >= 0.6 is 11.8 Å². The number of nitrogens with zero attached hydrogens (tertiary/aromatic N) is 1. The van der Waals surface area contributed by atoms with Gasteiger partial charge in [0, 0.05) is 18.3 Å². The molecule has 0 saturated heterocycles. The van der Waals surface area contributed by atoms with E-state index in [4.69, 9.17) is 0 Å². The highest BCUT2D eigenvalue weighted by Crippen LogP contribution is 2.18. The lowest BCUT2D eigenvalue weighted by Crippen LogP contribution is -2.48. The van der Waals surface area contributed by atoms with E-state index in [0.717, 1.165) is 0 Å². The summed E-state index contributed by atoms with van der Waals surface area (Å²) in [5, 5.41) is 11.8. The zero-order chi connectivity index (χ0) is 17.6. The van der Waals surface area contributed by atoms with E-state index in [1.807, 2.05) is 6.26 Å². The number of carbonyl (C=O) groups is 2. The Morgan fingerprint density at radius 1 is 1.43 bits per heavy atom. The van der Waals surface area contributed by atoms with Gasteiger partial charge in [0.05, 0.1) is 5.41 Å². The first-order chi connectivity index (χ1) is 10.7. The molecule has 0 fully saturated rings. The van der Waals surface area contributed by atoms with Crippen LogP contribution in [0.15, 0.2) is 23.1 Å². The van der Waals surface area contributed by atoms with Gasteiger partial charge in [0.15, 0.2) is 0 Å². The van der Waals surface area contributed by atoms with Crippen molar-refractivity contribution in [2.45, 2.75) is 39.8 Å². The molecule has 1 rings (SSSR count). The van der Waals surface area contributed by atoms with Crippen molar-refractivity contribution in [2.24, 2.45) is 5.41 Å². The summed E-state index contributed by atoms with van der Waals surface area (Å²) in [6, 6.07) is 2.56. The monoisotopic (exact) mass is 340 g/mol. The number of rotatable bonds is 8. The fourth-order valence-corrected chi connectivity index (χ4v) is 2.60. The van der Waals surface area contributed by atoms with E-state index in [2.05, 4.69) is 5.32 Å². The third kappa shape index (κ3) is 5.42.